The molecule has 0 heterocycles. The maximum atomic E-state index is 12.1. The van der Waals surface area contributed by atoms with Crippen molar-refractivity contribution in [2.75, 3.05) is 52.8 Å². The van der Waals surface area contributed by atoms with Crippen molar-refractivity contribution in [2.24, 2.45) is 5.73 Å². The molecular weight excluding hydrogens is 432 g/mol. The fourth-order valence-corrected chi connectivity index (χ4v) is 3.36. The van der Waals surface area contributed by atoms with E-state index < -0.39 is 6.03 Å². The van der Waals surface area contributed by atoms with Crippen LogP contribution in [0.25, 0.3) is 6.08 Å². The van der Waals surface area contributed by atoms with Crippen LogP contribution in [0.5, 0.6) is 11.5 Å². The molecule has 0 aliphatic carbocycles. The lowest BCUT2D eigenvalue weighted by atomic mass is 10.1. The molecule has 2 aromatic rings. The highest BCUT2D eigenvalue weighted by Gasteiger charge is 2.07. The van der Waals surface area contributed by atoms with Gasteiger partial charge in [0.15, 0.2) is 11.5 Å². The summed E-state index contributed by atoms with van der Waals surface area (Å²) in [6, 6.07) is 12.9. The Morgan fingerprint density at radius 3 is 2.35 bits per heavy atom. The second-order valence-corrected chi connectivity index (χ2v) is 8.04. The Labute approximate surface area is 202 Å². The Kier molecular flexibility index (Phi) is 10.9. The van der Waals surface area contributed by atoms with Crippen LogP contribution in [-0.2, 0) is 11.2 Å². The number of amides is 3. The molecule has 0 saturated heterocycles. The number of urea groups is 1. The zero-order valence-corrected chi connectivity index (χ0v) is 20.5. The highest BCUT2D eigenvalue weighted by atomic mass is 16.5. The highest BCUT2D eigenvalue weighted by Crippen LogP contribution is 2.27. The van der Waals surface area contributed by atoms with Crippen molar-refractivity contribution >= 4 is 23.7 Å². The average Bonchev–Trinajstić information content (AvgIpc) is 2.85. The van der Waals surface area contributed by atoms with Gasteiger partial charge in [0.2, 0.25) is 5.91 Å². The molecule has 2 rings (SSSR count). The van der Waals surface area contributed by atoms with Crippen LogP contribution in [0.2, 0.25) is 0 Å². The molecule has 8 heteroatoms. The molecule has 34 heavy (non-hydrogen) atoms. The number of primary amides is 1. The lowest BCUT2D eigenvalue weighted by Gasteiger charge is -2.17. The van der Waals surface area contributed by atoms with Gasteiger partial charge in [-0.25, -0.2) is 4.79 Å². The molecular formula is C26H36N4O4. The van der Waals surface area contributed by atoms with Crippen molar-refractivity contribution in [2.45, 2.75) is 19.3 Å². The van der Waals surface area contributed by atoms with E-state index in [1.807, 2.05) is 48.6 Å². The fraction of sp³-hybridized carbons (Fsp3) is 0.385. The number of hydrogen-bond donors (Lipinski definition) is 2. The molecule has 0 atom stereocenters. The minimum Gasteiger partial charge on any atom is -0.493 e. The maximum absolute atomic E-state index is 12.1. The fourth-order valence-electron chi connectivity index (χ4n) is 3.36. The summed E-state index contributed by atoms with van der Waals surface area (Å²) in [6.07, 6.45) is 5.82. The van der Waals surface area contributed by atoms with Crippen LogP contribution in [0.3, 0.4) is 0 Å². The quantitative estimate of drug-likeness (QED) is 0.440. The first-order valence-electron chi connectivity index (χ1n) is 11.3. The molecule has 184 valence electrons. The molecule has 0 fully saturated rings. The summed E-state index contributed by atoms with van der Waals surface area (Å²) >= 11 is 0. The van der Waals surface area contributed by atoms with E-state index in [9.17, 15) is 9.59 Å². The van der Waals surface area contributed by atoms with Crippen molar-refractivity contribution < 1.29 is 19.1 Å². The third-order valence-electron chi connectivity index (χ3n) is 5.49. The third kappa shape index (κ3) is 8.78. The molecule has 0 aliphatic rings. The molecule has 3 N–H and O–H groups in total. The van der Waals surface area contributed by atoms with Crippen molar-refractivity contribution in [3.05, 3.63) is 59.7 Å². The Hall–Kier alpha value is -3.52. The number of nitrogens with one attached hydrogen (secondary N) is 1. The predicted octanol–water partition coefficient (Wildman–Crippen LogP) is 3.30. The normalized spacial score (nSPS) is 11.0. The van der Waals surface area contributed by atoms with Gasteiger partial charge in [-0.05, 0) is 61.8 Å². The Balaban J connectivity index is 1.63. The predicted molar refractivity (Wildman–Crippen MR) is 136 cm³/mol. The van der Waals surface area contributed by atoms with E-state index in [1.54, 1.807) is 21.3 Å². The zero-order chi connectivity index (χ0) is 24.9. The molecule has 0 unspecified atom stereocenters. The van der Waals surface area contributed by atoms with E-state index in [-0.39, 0.29) is 5.91 Å². The van der Waals surface area contributed by atoms with Crippen LogP contribution >= 0.6 is 0 Å². The summed E-state index contributed by atoms with van der Waals surface area (Å²) in [5.41, 5.74) is 8.12. The van der Waals surface area contributed by atoms with Crippen molar-refractivity contribution in [1.29, 1.82) is 0 Å². The van der Waals surface area contributed by atoms with E-state index in [0.29, 0.717) is 13.0 Å². The van der Waals surface area contributed by atoms with Crippen LogP contribution in [-0.4, -0.2) is 64.8 Å². The zero-order valence-electron chi connectivity index (χ0n) is 20.5. The van der Waals surface area contributed by atoms with Gasteiger partial charge < -0.3 is 25.4 Å². The maximum Gasteiger partial charge on any atom is 0.318 e. The second-order valence-electron chi connectivity index (χ2n) is 8.04. The Morgan fingerprint density at radius 2 is 1.71 bits per heavy atom. The van der Waals surface area contributed by atoms with Gasteiger partial charge in [-0.1, -0.05) is 30.4 Å². The third-order valence-corrected chi connectivity index (χ3v) is 5.49. The van der Waals surface area contributed by atoms with Gasteiger partial charge in [0, 0.05) is 32.2 Å². The summed E-state index contributed by atoms with van der Waals surface area (Å²) in [6.45, 7) is 2.46. The number of ether oxygens (including phenoxy) is 2. The van der Waals surface area contributed by atoms with E-state index in [1.165, 1.54) is 10.5 Å². The standard InChI is InChI=1S/C26H36N4O4/c1-29(18-15-21-11-14-23(33-3)24(19-21)34-4)17-6-16-28-25(31)8-5-7-20-9-12-22(13-10-20)30(2)26(27)32/h5,7,9-14,19H,6,8,15-18H2,1-4H3,(H2,27,32)(H,28,31)/b7-5+. The van der Waals surface area contributed by atoms with Crippen LogP contribution < -0.4 is 25.4 Å². The van der Waals surface area contributed by atoms with Gasteiger partial charge in [-0.15, -0.1) is 0 Å². The largest absolute Gasteiger partial charge is 0.493 e. The summed E-state index contributed by atoms with van der Waals surface area (Å²) in [7, 11) is 6.97. The Bertz CT molecular complexity index is 960. The minimum absolute atomic E-state index is 0.00527. The number of carbonyl (C=O) groups excluding carboxylic acids is 2. The highest BCUT2D eigenvalue weighted by molar-refractivity contribution is 5.90. The first-order chi connectivity index (χ1) is 16.3. The Morgan fingerprint density at radius 1 is 1.00 bits per heavy atom. The SMILES string of the molecule is COc1ccc(CCN(C)CCCNC(=O)C/C=C/c2ccc(N(C)C(N)=O)cc2)cc1OC. The van der Waals surface area contributed by atoms with Gasteiger partial charge in [-0.2, -0.15) is 0 Å². The average molecular weight is 469 g/mol. The van der Waals surface area contributed by atoms with Gasteiger partial charge in [0.1, 0.15) is 0 Å². The van der Waals surface area contributed by atoms with Gasteiger partial charge in [-0.3, -0.25) is 9.69 Å². The second kappa shape index (κ2) is 13.9. The number of nitrogens with zero attached hydrogens (tertiary/aromatic N) is 2. The number of methoxy groups -OCH3 is 2. The van der Waals surface area contributed by atoms with Gasteiger partial charge in [0.25, 0.3) is 0 Å². The topological polar surface area (TPSA) is 97.1 Å². The number of anilines is 1. The monoisotopic (exact) mass is 468 g/mol. The number of benzene rings is 2. The molecule has 0 spiro atoms. The number of hydrogen-bond acceptors (Lipinski definition) is 5. The van der Waals surface area contributed by atoms with E-state index in [0.717, 1.165) is 48.7 Å². The first kappa shape index (κ1) is 26.7. The summed E-state index contributed by atoms with van der Waals surface area (Å²) in [5, 5.41) is 2.96. The van der Waals surface area contributed by atoms with Crippen LogP contribution in [0.15, 0.2) is 48.5 Å². The van der Waals surface area contributed by atoms with Crippen molar-refractivity contribution in [3.8, 4) is 11.5 Å². The van der Waals surface area contributed by atoms with Gasteiger partial charge >= 0.3 is 6.03 Å². The summed E-state index contributed by atoms with van der Waals surface area (Å²) < 4.78 is 10.6. The minimum atomic E-state index is -0.510. The van der Waals surface area contributed by atoms with Crippen LogP contribution in [0.4, 0.5) is 10.5 Å². The molecule has 0 aromatic heterocycles. The number of carbonyl (C=O) groups is 2. The molecule has 2 aromatic carbocycles. The summed E-state index contributed by atoms with van der Waals surface area (Å²) in [4.78, 5) is 26.9. The van der Waals surface area contributed by atoms with E-state index in [4.69, 9.17) is 15.2 Å². The van der Waals surface area contributed by atoms with E-state index >= 15 is 0 Å². The molecule has 0 radical (unpaired) electrons. The number of likely N-dealkylation sites (N-methyl/N-ethyl adjacent to an activating group) is 1. The first-order valence-corrected chi connectivity index (χ1v) is 11.3. The smallest absolute Gasteiger partial charge is 0.318 e. The molecule has 3 amide bonds. The number of nitrogens with two attached hydrogens (primary N) is 1. The van der Waals surface area contributed by atoms with Gasteiger partial charge in [0.05, 0.1) is 14.2 Å². The molecule has 0 aliphatic heterocycles. The lowest BCUT2D eigenvalue weighted by molar-refractivity contribution is -0.120. The molecule has 0 saturated carbocycles. The van der Waals surface area contributed by atoms with E-state index in [2.05, 4.69) is 23.3 Å². The number of rotatable bonds is 13. The molecule has 0 bridgehead atoms. The van der Waals surface area contributed by atoms with Crippen LogP contribution in [0, 0.1) is 0 Å². The summed E-state index contributed by atoms with van der Waals surface area (Å²) in [5.74, 6) is 1.47. The van der Waals surface area contributed by atoms with Crippen molar-refractivity contribution in [3.63, 3.8) is 0 Å². The molecule has 8 nitrogen and oxygen atoms in total. The lowest BCUT2D eigenvalue weighted by Crippen LogP contribution is -2.31. The van der Waals surface area contributed by atoms with Crippen LogP contribution in [0.1, 0.15) is 24.0 Å². The van der Waals surface area contributed by atoms with Crippen molar-refractivity contribution in [1.82, 2.24) is 10.2 Å².